The van der Waals surface area contributed by atoms with Crippen molar-refractivity contribution in [2.24, 2.45) is 5.92 Å². The minimum Gasteiger partial charge on any atom is -0.312 e. The van der Waals surface area contributed by atoms with Gasteiger partial charge in [0.25, 0.3) is 0 Å². The summed E-state index contributed by atoms with van der Waals surface area (Å²) in [5, 5.41) is 11.1. The van der Waals surface area contributed by atoms with Crippen LogP contribution in [0.2, 0.25) is 0 Å². The Labute approximate surface area is 110 Å². The second-order valence-corrected chi connectivity index (χ2v) is 6.55. The number of nitriles is 1. The molecule has 1 fully saturated rings. The molecule has 0 aromatic heterocycles. The minimum absolute atomic E-state index is 0.184. The quantitative estimate of drug-likeness (QED) is 0.829. The second-order valence-electron chi connectivity index (χ2n) is 4.57. The molecule has 1 atom stereocenters. The van der Waals surface area contributed by atoms with Gasteiger partial charge in [-0.15, -0.1) is 0 Å². The van der Waals surface area contributed by atoms with Crippen molar-refractivity contribution >= 4 is 10.0 Å². The molecule has 0 aromatic rings. The number of hydrogen-bond acceptors (Lipinski definition) is 4. The number of hydrogen-bond donors (Lipinski definition) is 1. The molecule has 0 radical (unpaired) electrons. The molecule has 0 aromatic carbocycles. The maximum atomic E-state index is 12.3. The van der Waals surface area contributed by atoms with E-state index in [0.717, 1.165) is 6.26 Å². The summed E-state index contributed by atoms with van der Waals surface area (Å²) in [4.78, 5) is 0. The van der Waals surface area contributed by atoms with Gasteiger partial charge in [0.2, 0.25) is 10.0 Å². The topological polar surface area (TPSA) is 73.2 Å². The zero-order chi connectivity index (χ0) is 14.7. The Bertz CT molecular complexity index is 436. The molecule has 1 rings (SSSR count). The number of alkyl halides is 3. The number of halogens is 3. The first kappa shape index (κ1) is 16.2. The van der Waals surface area contributed by atoms with Crippen LogP contribution in [0.25, 0.3) is 0 Å². The Morgan fingerprint density at radius 1 is 1.42 bits per heavy atom. The van der Waals surface area contributed by atoms with E-state index in [1.54, 1.807) is 0 Å². The van der Waals surface area contributed by atoms with Crippen LogP contribution < -0.4 is 5.32 Å². The van der Waals surface area contributed by atoms with Gasteiger partial charge in [0, 0.05) is 25.7 Å². The van der Waals surface area contributed by atoms with E-state index >= 15 is 0 Å². The zero-order valence-electron chi connectivity index (χ0n) is 10.4. The van der Waals surface area contributed by atoms with E-state index in [-0.39, 0.29) is 6.04 Å². The van der Waals surface area contributed by atoms with Gasteiger partial charge in [0.15, 0.2) is 5.92 Å². The molecule has 0 spiro atoms. The third kappa shape index (κ3) is 4.97. The maximum absolute atomic E-state index is 12.3. The van der Waals surface area contributed by atoms with Crippen LogP contribution >= 0.6 is 0 Å². The molecular weight excluding hydrogens is 283 g/mol. The Hall–Kier alpha value is -0.850. The summed E-state index contributed by atoms with van der Waals surface area (Å²) in [6.07, 6.45) is -2.53. The van der Waals surface area contributed by atoms with Gasteiger partial charge < -0.3 is 5.32 Å². The maximum Gasteiger partial charge on any atom is 0.405 e. The fraction of sp³-hybridized carbons (Fsp3) is 0.900. The molecule has 0 aliphatic carbocycles. The van der Waals surface area contributed by atoms with Crippen LogP contribution in [0, 0.1) is 17.2 Å². The predicted octanol–water partition coefficient (Wildman–Crippen LogP) is 0.702. The molecule has 9 heteroatoms. The van der Waals surface area contributed by atoms with Crippen molar-refractivity contribution in [3.63, 3.8) is 0 Å². The predicted molar refractivity (Wildman–Crippen MR) is 62.6 cm³/mol. The lowest BCUT2D eigenvalue weighted by Crippen LogP contribution is -2.46. The van der Waals surface area contributed by atoms with E-state index in [4.69, 9.17) is 5.26 Å². The fourth-order valence-electron chi connectivity index (χ4n) is 1.91. The van der Waals surface area contributed by atoms with Crippen molar-refractivity contribution in [3.05, 3.63) is 0 Å². The Balaban J connectivity index is 2.40. The van der Waals surface area contributed by atoms with Crippen molar-refractivity contribution < 1.29 is 21.6 Å². The first-order chi connectivity index (χ1) is 8.64. The molecule has 1 N–H and O–H groups in total. The summed E-state index contributed by atoms with van der Waals surface area (Å²) in [5.41, 5.74) is 0. The summed E-state index contributed by atoms with van der Waals surface area (Å²) >= 11 is 0. The highest BCUT2D eigenvalue weighted by molar-refractivity contribution is 7.88. The lowest BCUT2D eigenvalue weighted by Gasteiger charge is -2.31. The highest BCUT2D eigenvalue weighted by Gasteiger charge is 2.40. The molecule has 5 nitrogen and oxygen atoms in total. The smallest absolute Gasteiger partial charge is 0.312 e. The molecule has 110 valence electrons. The third-order valence-electron chi connectivity index (χ3n) is 3.08. The van der Waals surface area contributed by atoms with E-state index in [1.165, 1.54) is 10.4 Å². The van der Waals surface area contributed by atoms with Crippen molar-refractivity contribution in [3.8, 4) is 6.07 Å². The van der Waals surface area contributed by atoms with Crippen molar-refractivity contribution in [1.82, 2.24) is 9.62 Å². The summed E-state index contributed by atoms with van der Waals surface area (Å²) in [6, 6.07) is 1.04. The first-order valence-electron chi connectivity index (χ1n) is 5.79. The minimum atomic E-state index is -4.53. The lowest BCUT2D eigenvalue weighted by molar-refractivity contribution is -0.158. The fourth-order valence-corrected chi connectivity index (χ4v) is 2.78. The molecule has 1 aliphatic rings. The van der Waals surface area contributed by atoms with E-state index in [9.17, 15) is 21.6 Å². The SMILES string of the molecule is CS(=O)(=O)N1CCC(NCC(C#N)C(F)(F)F)CC1. The molecule has 1 unspecified atom stereocenters. The summed E-state index contributed by atoms with van der Waals surface area (Å²) in [6.45, 7) is 0.128. The summed E-state index contributed by atoms with van der Waals surface area (Å²) in [5.74, 6) is -2.03. The molecule has 1 saturated heterocycles. The van der Waals surface area contributed by atoms with Gasteiger partial charge >= 0.3 is 6.18 Å². The summed E-state index contributed by atoms with van der Waals surface area (Å²) < 4.78 is 60.8. The van der Waals surface area contributed by atoms with Gasteiger partial charge in [-0.25, -0.2) is 12.7 Å². The van der Waals surface area contributed by atoms with E-state index in [1.807, 2.05) is 0 Å². The third-order valence-corrected chi connectivity index (χ3v) is 4.39. The number of nitrogens with one attached hydrogen (secondary N) is 1. The monoisotopic (exact) mass is 299 g/mol. The van der Waals surface area contributed by atoms with Crippen LogP contribution in [-0.4, -0.2) is 50.8 Å². The van der Waals surface area contributed by atoms with Crippen LogP contribution in [0.4, 0.5) is 13.2 Å². The van der Waals surface area contributed by atoms with Gasteiger partial charge in [-0.1, -0.05) is 0 Å². The Morgan fingerprint density at radius 3 is 2.32 bits per heavy atom. The molecular formula is C10H16F3N3O2S. The van der Waals surface area contributed by atoms with Gasteiger partial charge in [-0.3, -0.25) is 0 Å². The molecule has 19 heavy (non-hydrogen) atoms. The number of sulfonamides is 1. The lowest BCUT2D eigenvalue weighted by atomic mass is 10.1. The van der Waals surface area contributed by atoms with Crippen LogP contribution in [0.5, 0.6) is 0 Å². The van der Waals surface area contributed by atoms with Crippen LogP contribution in [-0.2, 0) is 10.0 Å². The largest absolute Gasteiger partial charge is 0.405 e. The summed E-state index contributed by atoms with van der Waals surface area (Å²) in [7, 11) is -3.24. The number of nitrogens with zero attached hydrogens (tertiary/aromatic N) is 2. The Kier molecular flexibility index (Phi) is 5.18. The van der Waals surface area contributed by atoms with Crippen LogP contribution in [0.1, 0.15) is 12.8 Å². The van der Waals surface area contributed by atoms with E-state index < -0.39 is 28.7 Å². The number of piperidine rings is 1. The molecule has 0 bridgehead atoms. The van der Waals surface area contributed by atoms with Crippen molar-refractivity contribution in [2.75, 3.05) is 25.9 Å². The van der Waals surface area contributed by atoms with Crippen molar-refractivity contribution in [2.45, 2.75) is 25.1 Å². The molecule has 0 amide bonds. The highest BCUT2D eigenvalue weighted by Crippen LogP contribution is 2.25. The highest BCUT2D eigenvalue weighted by atomic mass is 32.2. The van der Waals surface area contributed by atoms with Gasteiger partial charge in [0.1, 0.15) is 0 Å². The molecule has 1 aliphatic heterocycles. The standard InChI is InChI=1S/C10H16F3N3O2S/c1-19(17,18)16-4-2-9(3-5-16)15-7-8(6-14)10(11,12)13/h8-9,15H,2-5,7H2,1H3. The molecule has 1 heterocycles. The van der Waals surface area contributed by atoms with E-state index in [2.05, 4.69) is 5.32 Å². The second kappa shape index (κ2) is 6.07. The Morgan fingerprint density at radius 2 is 1.95 bits per heavy atom. The van der Waals surface area contributed by atoms with Gasteiger partial charge in [0.05, 0.1) is 12.3 Å². The average Bonchev–Trinajstić information content (AvgIpc) is 2.27. The molecule has 0 saturated carbocycles. The number of rotatable bonds is 4. The van der Waals surface area contributed by atoms with Crippen molar-refractivity contribution in [1.29, 1.82) is 5.26 Å². The average molecular weight is 299 g/mol. The normalized spacial score (nSPS) is 21.0. The van der Waals surface area contributed by atoms with E-state index in [0.29, 0.717) is 25.9 Å². The van der Waals surface area contributed by atoms with Crippen LogP contribution in [0.3, 0.4) is 0 Å². The zero-order valence-corrected chi connectivity index (χ0v) is 11.3. The van der Waals surface area contributed by atoms with Crippen LogP contribution in [0.15, 0.2) is 0 Å². The first-order valence-corrected chi connectivity index (χ1v) is 7.64. The van der Waals surface area contributed by atoms with Gasteiger partial charge in [-0.2, -0.15) is 18.4 Å². The van der Waals surface area contributed by atoms with Gasteiger partial charge in [-0.05, 0) is 12.8 Å².